The molecular weight excluding hydrogens is 210 g/mol. The van der Waals surface area contributed by atoms with Crippen LogP contribution >= 0.6 is 0 Å². The van der Waals surface area contributed by atoms with E-state index < -0.39 is 9.84 Å². The smallest absolute Gasteiger partial charge is 0.175 e. The summed E-state index contributed by atoms with van der Waals surface area (Å²) in [6.45, 7) is 3.75. The standard InChI is InChI=1S/C11H13NO2S/c1-8-6-11(15(3,13)14)7-10(4-5-12)9(8)2/h6-7H,4H2,1-3H3. The zero-order valence-electron chi connectivity index (χ0n) is 9.03. The first-order valence-electron chi connectivity index (χ1n) is 4.53. The van der Waals surface area contributed by atoms with E-state index in [4.69, 9.17) is 5.26 Å². The average Bonchev–Trinajstić information content (AvgIpc) is 2.11. The maximum atomic E-state index is 11.4. The Morgan fingerprint density at radius 2 is 1.93 bits per heavy atom. The van der Waals surface area contributed by atoms with E-state index in [9.17, 15) is 8.42 Å². The summed E-state index contributed by atoms with van der Waals surface area (Å²) in [6, 6.07) is 5.26. The molecule has 0 N–H and O–H groups in total. The third kappa shape index (κ3) is 2.57. The number of benzene rings is 1. The Labute approximate surface area is 90.3 Å². The van der Waals surface area contributed by atoms with Gasteiger partial charge in [-0.05, 0) is 42.7 Å². The lowest BCUT2D eigenvalue weighted by molar-refractivity contribution is 0.601. The van der Waals surface area contributed by atoms with Gasteiger partial charge in [-0.15, -0.1) is 0 Å². The topological polar surface area (TPSA) is 57.9 Å². The van der Waals surface area contributed by atoms with Crippen LogP contribution in [0.4, 0.5) is 0 Å². The fourth-order valence-corrected chi connectivity index (χ4v) is 2.13. The summed E-state index contributed by atoms with van der Waals surface area (Å²) in [5.74, 6) is 0. The van der Waals surface area contributed by atoms with E-state index in [0.29, 0.717) is 0 Å². The Morgan fingerprint density at radius 1 is 1.33 bits per heavy atom. The lowest BCUT2D eigenvalue weighted by Crippen LogP contribution is -2.01. The number of hydrogen-bond donors (Lipinski definition) is 0. The monoisotopic (exact) mass is 223 g/mol. The van der Waals surface area contributed by atoms with Gasteiger partial charge < -0.3 is 0 Å². The van der Waals surface area contributed by atoms with E-state index in [2.05, 4.69) is 0 Å². The van der Waals surface area contributed by atoms with Crippen molar-refractivity contribution in [2.75, 3.05) is 6.26 Å². The van der Waals surface area contributed by atoms with Crippen molar-refractivity contribution < 1.29 is 8.42 Å². The van der Waals surface area contributed by atoms with Gasteiger partial charge in [0.15, 0.2) is 9.84 Å². The second-order valence-electron chi connectivity index (χ2n) is 3.63. The molecule has 1 rings (SSSR count). The van der Waals surface area contributed by atoms with Crippen LogP contribution in [0.25, 0.3) is 0 Å². The molecule has 0 spiro atoms. The lowest BCUT2D eigenvalue weighted by Gasteiger charge is -2.08. The average molecular weight is 223 g/mol. The molecule has 0 fully saturated rings. The summed E-state index contributed by atoms with van der Waals surface area (Å²) in [6.07, 6.45) is 1.42. The van der Waals surface area contributed by atoms with Crippen LogP contribution in [-0.2, 0) is 16.3 Å². The first-order valence-corrected chi connectivity index (χ1v) is 6.42. The van der Waals surface area contributed by atoms with E-state index in [-0.39, 0.29) is 11.3 Å². The van der Waals surface area contributed by atoms with Crippen molar-refractivity contribution in [1.82, 2.24) is 0 Å². The number of hydrogen-bond acceptors (Lipinski definition) is 3. The Morgan fingerprint density at radius 3 is 2.40 bits per heavy atom. The van der Waals surface area contributed by atoms with E-state index in [1.54, 1.807) is 12.1 Å². The summed E-state index contributed by atoms with van der Waals surface area (Å²) in [4.78, 5) is 0.288. The summed E-state index contributed by atoms with van der Waals surface area (Å²) in [5, 5.41) is 8.63. The molecule has 1 aromatic carbocycles. The van der Waals surface area contributed by atoms with E-state index in [0.717, 1.165) is 16.7 Å². The SMILES string of the molecule is Cc1cc(S(C)(=O)=O)cc(CC#N)c1C. The normalized spacial score (nSPS) is 11.1. The molecule has 80 valence electrons. The van der Waals surface area contributed by atoms with Crippen molar-refractivity contribution in [3.63, 3.8) is 0 Å². The molecule has 0 radical (unpaired) electrons. The third-order valence-corrected chi connectivity index (χ3v) is 3.54. The van der Waals surface area contributed by atoms with Crippen LogP contribution in [0.15, 0.2) is 17.0 Å². The molecule has 0 atom stereocenters. The second kappa shape index (κ2) is 4.03. The highest BCUT2D eigenvalue weighted by atomic mass is 32.2. The van der Waals surface area contributed by atoms with E-state index in [1.165, 1.54) is 6.26 Å². The molecule has 1 aromatic rings. The van der Waals surface area contributed by atoms with Gasteiger partial charge in [0.2, 0.25) is 0 Å². The number of rotatable bonds is 2. The Bertz CT molecular complexity index is 524. The quantitative estimate of drug-likeness (QED) is 0.767. The summed E-state index contributed by atoms with van der Waals surface area (Å²) < 4.78 is 22.7. The minimum Gasteiger partial charge on any atom is -0.224 e. The molecule has 4 heteroatoms. The zero-order valence-corrected chi connectivity index (χ0v) is 9.85. The first kappa shape index (κ1) is 11.7. The molecule has 0 saturated carbocycles. The van der Waals surface area contributed by atoms with Crippen molar-refractivity contribution in [3.05, 3.63) is 28.8 Å². The van der Waals surface area contributed by atoms with Crippen molar-refractivity contribution in [2.45, 2.75) is 25.2 Å². The number of aryl methyl sites for hydroxylation is 1. The maximum Gasteiger partial charge on any atom is 0.175 e. The van der Waals surface area contributed by atoms with Crippen LogP contribution < -0.4 is 0 Å². The van der Waals surface area contributed by atoms with Gasteiger partial charge in [-0.1, -0.05) is 0 Å². The van der Waals surface area contributed by atoms with Gasteiger partial charge in [-0.2, -0.15) is 5.26 Å². The maximum absolute atomic E-state index is 11.4. The molecule has 15 heavy (non-hydrogen) atoms. The van der Waals surface area contributed by atoms with Gasteiger partial charge >= 0.3 is 0 Å². The summed E-state index contributed by atoms with van der Waals surface area (Å²) >= 11 is 0. The fraction of sp³-hybridized carbons (Fsp3) is 0.364. The second-order valence-corrected chi connectivity index (χ2v) is 5.65. The van der Waals surface area contributed by atoms with Gasteiger partial charge in [0.1, 0.15) is 0 Å². The molecule has 0 aromatic heterocycles. The van der Waals surface area contributed by atoms with Crippen LogP contribution in [0.5, 0.6) is 0 Å². The van der Waals surface area contributed by atoms with Crippen LogP contribution in [0.1, 0.15) is 16.7 Å². The van der Waals surface area contributed by atoms with Gasteiger partial charge in [0, 0.05) is 6.26 Å². The molecule has 0 bridgehead atoms. The Kier molecular flexibility index (Phi) is 3.15. The molecule has 0 amide bonds. The minimum absolute atomic E-state index is 0.246. The largest absolute Gasteiger partial charge is 0.224 e. The van der Waals surface area contributed by atoms with Crippen molar-refractivity contribution in [3.8, 4) is 6.07 Å². The Hall–Kier alpha value is -1.34. The summed E-state index contributed by atoms with van der Waals surface area (Å²) in [5.41, 5.74) is 2.69. The highest BCUT2D eigenvalue weighted by molar-refractivity contribution is 7.90. The van der Waals surface area contributed by atoms with E-state index in [1.807, 2.05) is 19.9 Å². The molecule has 0 aliphatic carbocycles. The molecule has 3 nitrogen and oxygen atoms in total. The zero-order chi connectivity index (χ0) is 11.6. The van der Waals surface area contributed by atoms with Gasteiger partial charge in [0.05, 0.1) is 17.4 Å². The van der Waals surface area contributed by atoms with Crippen molar-refractivity contribution in [1.29, 1.82) is 5.26 Å². The molecular formula is C11H13NO2S. The minimum atomic E-state index is -3.19. The van der Waals surface area contributed by atoms with E-state index >= 15 is 0 Å². The predicted molar refractivity (Wildman–Crippen MR) is 58.3 cm³/mol. The first-order chi connectivity index (χ1) is 6.86. The van der Waals surface area contributed by atoms with Crippen LogP contribution in [0.2, 0.25) is 0 Å². The van der Waals surface area contributed by atoms with Crippen LogP contribution in [-0.4, -0.2) is 14.7 Å². The number of nitriles is 1. The number of nitrogens with zero attached hydrogens (tertiary/aromatic N) is 1. The van der Waals surface area contributed by atoms with Gasteiger partial charge in [-0.3, -0.25) is 0 Å². The molecule has 0 aliphatic heterocycles. The third-order valence-electron chi connectivity index (χ3n) is 2.45. The highest BCUT2D eigenvalue weighted by Crippen LogP contribution is 2.20. The van der Waals surface area contributed by atoms with Gasteiger partial charge in [0.25, 0.3) is 0 Å². The summed E-state index contributed by atoms with van der Waals surface area (Å²) in [7, 11) is -3.19. The van der Waals surface area contributed by atoms with Gasteiger partial charge in [-0.25, -0.2) is 8.42 Å². The van der Waals surface area contributed by atoms with Crippen LogP contribution in [0, 0.1) is 25.2 Å². The molecule has 0 aliphatic rings. The van der Waals surface area contributed by atoms with Crippen molar-refractivity contribution in [2.24, 2.45) is 0 Å². The molecule has 0 saturated heterocycles. The predicted octanol–water partition coefficient (Wildman–Crippen LogP) is 1.77. The van der Waals surface area contributed by atoms with Crippen molar-refractivity contribution >= 4 is 9.84 Å². The highest BCUT2D eigenvalue weighted by Gasteiger charge is 2.11. The fourth-order valence-electron chi connectivity index (χ4n) is 1.38. The van der Waals surface area contributed by atoms with Crippen LogP contribution in [0.3, 0.4) is 0 Å². The molecule has 0 heterocycles. The Balaban J connectivity index is 3.44. The lowest BCUT2D eigenvalue weighted by atomic mass is 10.0. The number of sulfone groups is 1. The molecule has 0 unspecified atom stereocenters.